The van der Waals surface area contributed by atoms with Crippen molar-refractivity contribution in [3.05, 3.63) is 47.7 Å². The van der Waals surface area contributed by atoms with E-state index in [1.807, 2.05) is 13.8 Å². The molecule has 1 spiro atoms. The summed E-state index contributed by atoms with van der Waals surface area (Å²) in [6, 6.07) is 8.28. The average molecular weight is 362 g/mol. The Hall–Kier alpha value is -2.24. The highest BCUT2D eigenvalue weighted by Gasteiger charge is 2.51. The number of Topliss-reactive ketones (excluding diaryl/α,β-unsaturated/α-hetero) is 1. The monoisotopic (exact) mass is 362 g/mol. The van der Waals surface area contributed by atoms with Crippen LogP contribution in [0, 0.1) is 10.8 Å². The van der Waals surface area contributed by atoms with Crippen molar-refractivity contribution in [3.8, 4) is 0 Å². The second-order valence-electron chi connectivity index (χ2n) is 8.20. The van der Waals surface area contributed by atoms with Gasteiger partial charge in [-0.25, -0.2) is 0 Å². The van der Waals surface area contributed by atoms with Crippen LogP contribution in [0.5, 0.6) is 0 Å². The lowest BCUT2D eigenvalue weighted by molar-refractivity contribution is -0.156. The summed E-state index contributed by atoms with van der Waals surface area (Å²) in [6.45, 7) is 4.04. The van der Waals surface area contributed by atoms with E-state index in [1.165, 1.54) is 4.90 Å². The molecule has 2 aliphatic rings. The van der Waals surface area contributed by atoms with Crippen molar-refractivity contribution >= 4 is 11.7 Å². The zero-order valence-electron chi connectivity index (χ0n) is 15.1. The van der Waals surface area contributed by atoms with E-state index >= 15 is 0 Å². The second-order valence-corrected chi connectivity index (χ2v) is 8.20. The van der Waals surface area contributed by atoms with Gasteiger partial charge in [0.15, 0.2) is 5.78 Å². The molecule has 0 aromatic heterocycles. The lowest BCUT2D eigenvalue weighted by atomic mass is 9.65. The normalized spacial score (nSPS) is 25.5. The van der Waals surface area contributed by atoms with Gasteiger partial charge in [-0.3, -0.25) is 9.59 Å². The first-order valence-electron chi connectivity index (χ1n) is 8.79. The molecule has 140 valence electrons. The Bertz CT molecular complexity index is 758. The highest BCUT2D eigenvalue weighted by molar-refractivity contribution is 5.99. The predicted octanol–water partition coefficient (Wildman–Crippen LogP) is 2.92. The fourth-order valence-corrected chi connectivity index (χ4v) is 4.29. The highest BCUT2D eigenvalue weighted by atomic mass is 19.3. The zero-order valence-corrected chi connectivity index (χ0v) is 15.1. The van der Waals surface area contributed by atoms with Crippen LogP contribution in [0.25, 0.3) is 0 Å². The van der Waals surface area contributed by atoms with E-state index in [0.717, 1.165) is 0 Å². The van der Waals surface area contributed by atoms with Gasteiger partial charge in [-0.2, -0.15) is 8.78 Å². The van der Waals surface area contributed by atoms with Gasteiger partial charge < -0.3 is 10.6 Å². The molecule has 1 aliphatic heterocycles. The maximum Gasteiger partial charge on any atom is 0.328 e. The number of benzene rings is 1. The van der Waals surface area contributed by atoms with Crippen LogP contribution in [0.15, 0.2) is 42.1 Å². The number of halogens is 2. The standard InChI is InChI=1S/C20H24F2N2O2/c1-18(2)12-19(11-15(23)16(18)25)8-9-24(13-19)17(26)20(21,22)10-14-6-4-3-5-7-14/h3-7,11H,8-10,12-13,23H2,1-2H3/t19-/m1/s1. The van der Waals surface area contributed by atoms with Gasteiger partial charge in [-0.1, -0.05) is 44.2 Å². The summed E-state index contributed by atoms with van der Waals surface area (Å²) in [6.07, 6.45) is 2.12. The number of hydrogen-bond donors (Lipinski definition) is 1. The Morgan fingerprint density at radius 2 is 1.92 bits per heavy atom. The molecule has 0 bridgehead atoms. The molecule has 1 saturated heterocycles. The van der Waals surface area contributed by atoms with Crippen LogP contribution in [0.4, 0.5) is 8.78 Å². The van der Waals surface area contributed by atoms with Crippen molar-refractivity contribution in [2.24, 2.45) is 16.6 Å². The number of carbonyl (C=O) groups is 2. The lowest BCUT2D eigenvalue weighted by Crippen LogP contribution is -2.46. The molecule has 26 heavy (non-hydrogen) atoms. The number of allylic oxidation sites excluding steroid dienone is 1. The van der Waals surface area contributed by atoms with Gasteiger partial charge >= 0.3 is 5.92 Å². The van der Waals surface area contributed by atoms with Crippen LogP contribution >= 0.6 is 0 Å². The quantitative estimate of drug-likeness (QED) is 0.899. The van der Waals surface area contributed by atoms with Crippen LogP contribution < -0.4 is 5.73 Å². The molecule has 0 radical (unpaired) electrons. The number of nitrogens with zero attached hydrogens (tertiary/aromatic N) is 1. The van der Waals surface area contributed by atoms with E-state index in [1.54, 1.807) is 36.4 Å². The summed E-state index contributed by atoms with van der Waals surface area (Å²) < 4.78 is 29.0. The summed E-state index contributed by atoms with van der Waals surface area (Å²) in [4.78, 5) is 25.9. The molecule has 1 aliphatic carbocycles. The molecule has 1 aromatic carbocycles. The molecular formula is C20H24F2N2O2. The number of rotatable bonds is 3. The van der Waals surface area contributed by atoms with Gasteiger partial charge in [0.1, 0.15) is 0 Å². The topological polar surface area (TPSA) is 63.4 Å². The summed E-state index contributed by atoms with van der Waals surface area (Å²) >= 11 is 0. The predicted molar refractivity (Wildman–Crippen MR) is 94.4 cm³/mol. The summed E-state index contributed by atoms with van der Waals surface area (Å²) in [7, 11) is 0. The second kappa shape index (κ2) is 6.18. The number of ketones is 1. The van der Waals surface area contributed by atoms with E-state index in [-0.39, 0.29) is 24.6 Å². The molecule has 1 amide bonds. The number of amides is 1. The highest BCUT2D eigenvalue weighted by Crippen LogP contribution is 2.47. The van der Waals surface area contributed by atoms with Crippen molar-refractivity contribution in [1.82, 2.24) is 4.90 Å². The molecule has 2 N–H and O–H groups in total. The molecule has 0 unspecified atom stereocenters. The minimum atomic E-state index is -3.46. The SMILES string of the molecule is CC1(C)C[C@]2(C=C(N)C1=O)CCN(C(=O)C(F)(F)Cc1ccccc1)C2. The average Bonchev–Trinajstić information content (AvgIpc) is 2.95. The van der Waals surface area contributed by atoms with Crippen molar-refractivity contribution in [2.45, 2.75) is 39.0 Å². The maximum atomic E-state index is 14.5. The Morgan fingerprint density at radius 3 is 2.54 bits per heavy atom. The molecule has 1 aromatic rings. The third kappa shape index (κ3) is 3.37. The fourth-order valence-electron chi connectivity index (χ4n) is 4.29. The zero-order chi connectivity index (χ0) is 19.2. The Kier molecular flexibility index (Phi) is 4.41. The number of likely N-dealkylation sites (tertiary alicyclic amines) is 1. The van der Waals surface area contributed by atoms with Crippen LogP contribution in [0.2, 0.25) is 0 Å². The van der Waals surface area contributed by atoms with E-state index < -0.39 is 29.1 Å². The molecule has 3 rings (SSSR count). The van der Waals surface area contributed by atoms with Gasteiger partial charge in [0.25, 0.3) is 5.91 Å². The summed E-state index contributed by atoms with van der Waals surface area (Å²) in [5, 5.41) is 0. The smallest absolute Gasteiger partial charge is 0.328 e. The van der Waals surface area contributed by atoms with Gasteiger partial charge in [0.05, 0.1) is 5.70 Å². The van der Waals surface area contributed by atoms with Gasteiger partial charge in [-0.05, 0) is 24.5 Å². The van der Waals surface area contributed by atoms with E-state index in [4.69, 9.17) is 5.73 Å². The fraction of sp³-hybridized carbons (Fsp3) is 0.500. The van der Waals surface area contributed by atoms with Crippen LogP contribution in [-0.2, 0) is 16.0 Å². The minimum Gasteiger partial charge on any atom is -0.396 e. The van der Waals surface area contributed by atoms with Gasteiger partial charge in [0.2, 0.25) is 0 Å². The van der Waals surface area contributed by atoms with Crippen molar-refractivity contribution in [1.29, 1.82) is 0 Å². The lowest BCUT2D eigenvalue weighted by Gasteiger charge is -2.39. The largest absolute Gasteiger partial charge is 0.396 e. The van der Waals surface area contributed by atoms with E-state index in [2.05, 4.69) is 0 Å². The first-order valence-corrected chi connectivity index (χ1v) is 8.79. The Labute approximate surface area is 152 Å². The third-order valence-electron chi connectivity index (χ3n) is 5.39. The van der Waals surface area contributed by atoms with Crippen molar-refractivity contribution in [3.63, 3.8) is 0 Å². The molecule has 6 heteroatoms. The Morgan fingerprint density at radius 1 is 1.27 bits per heavy atom. The Balaban J connectivity index is 1.76. The third-order valence-corrected chi connectivity index (χ3v) is 5.39. The van der Waals surface area contributed by atoms with Gasteiger partial charge in [0, 0.05) is 30.3 Å². The van der Waals surface area contributed by atoms with E-state index in [9.17, 15) is 18.4 Å². The van der Waals surface area contributed by atoms with Crippen molar-refractivity contribution in [2.75, 3.05) is 13.1 Å². The van der Waals surface area contributed by atoms with Crippen LogP contribution in [0.3, 0.4) is 0 Å². The van der Waals surface area contributed by atoms with Crippen LogP contribution in [0.1, 0.15) is 32.3 Å². The molecular weight excluding hydrogens is 338 g/mol. The molecule has 1 heterocycles. The molecule has 1 fully saturated rings. The summed E-state index contributed by atoms with van der Waals surface area (Å²) in [5.74, 6) is -4.73. The maximum absolute atomic E-state index is 14.5. The molecule has 0 saturated carbocycles. The first kappa shape index (κ1) is 18.5. The number of hydrogen-bond acceptors (Lipinski definition) is 3. The number of nitrogens with two attached hydrogens (primary N) is 1. The minimum absolute atomic E-state index is 0.123. The number of alkyl halides is 2. The summed E-state index contributed by atoms with van der Waals surface area (Å²) in [5.41, 5.74) is 5.33. The number of carbonyl (C=O) groups excluding carboxylic acids is 2. The molecule has 1 atom stereocenters. The van der Waals surface area contributed by atoms with Crippen molar-refractivity contribution < 1.29 is 18.4 Å². The molecule has 4 nitrogen and oxygen atoms in total. The van der Waals surface area contributed by atoms with Crippen LogP contribution in [-0.4, -0.2) is 35.6 Å². The van der Waals surface area contributed by atoms with Gasteiger partial charge in [-0.15, -0.1) is 0 Å². The first-order chi connectivity index (χ1) is 12.0. The van der Waals surface area contributed by atoms with E-state index in [0.29, 0.717) is 18.4 Å².